The minimum Gasteiger partial charge on any atom is -0.494 e. The van der Waals surface area contributed by atoms with E-state index in [1.807, 2.05) is 42.5 Å². The number of hydrogen-bond donors (Lipinski definition) is 2. The van der Waals surface area contributed by atoms with Crippen LogP contribution in [0.5, 0.6) is 11.6 Å². The molecule has 4 rings (SSSR count). The highest BCUT2D eigenvalue weighted by atomic mass is 16.5. The monoisotopic (exact) mass is 437 g/mol. The lowest BCUT2D eigenvalue weighted by Gasteiger charge is -2.23. The second-order valence-corrected chi connectivity index (χ2v) is 8.50. The van der Waals surface area contributed by atoms with E-state index in [9.17, 15) is 9.90 Å². The average Bonchev–Trinajstić information content (AvgIpc) is 3.28. The number of fused-ring (bicyclic) bond motifs is 1. The lowest BCUT2D eigenvalue weighted by molar-refractivity contribution is 0.0739. The molecule has 1 amide bonds. The number of aromatic nitrogens is 3. The maximum absolute atomic E-state index is 13.4. The van der Waals surface area contributed by atoms with Gasteiger partial charge in [-0.25, -0.2) is 9.97 Å². The predicted octanol–water partition coefficient (Wildman–Crippen LogP) is 3.11. The number of imidazole rings is 1. The van der Waals surface area contributed by atoms with Crippen LogP contribution >= 0.6 is 0 Å². The van der Waals surface area contributed by atoms with Gasteiger partial charge in [-0.3, -0.25) is 4.79 Å². The van der Waals surface area contributed by atoms with Crippen LogP contribution in [0.2, 0.25) is 0 Å². The number of likely N-dealkylation sites (tertiary alicyclic amines) is 1. The molecule has 1 aliphatic heterocycles. The van der Waals surface area contributed by atoms with Crippen LogP contribution in [0, 0.1) is 5.92 Å². The smallest absolute Gasteiger partial charge is 0.254 e. The zero-order valence-corrected chi connectivity index (χ0v) is 19.3. The van der Waals surface area contributed by atoms with Crippen molar-refractivity contribution < 1.29 is 14.6 Å². The Bertz CT molecular complexity index is 1170. The Labute approximate surface area is 188 Å². The first-order valence-electron chi connectivity index (χ1n) is 11.1. The molecule has 1 fully saturated rings. The highest BCUT2D eigenvalue weighted by molar-refractivity contribution is 6.00. The predicted molar refractivity (Wildman–Crippen MR) is 124 cm³/mol. The van der Waals surface area contributed by atoms with Gasteiger partial charge in [-0.15, -0.1) is 0 Å². The number of amides is 1. The van der Waals surface area contributed by atoms with E-state index < -0.39 is 0 Å². The minimum absolute atomic E-state index is 0.0156. The van der Waals surface area contributed by atoms with Gasteiger partial charge in [0.15, 0.2) is 0 Å². The third-order valence-electron chi connectivity index (χ3n) is 6.75. The van der Waals surface area contributed by atoms with Crippen molar-refractivity contribution in [2.75, 3.05) is 13.7 Å². The molecule has 170 valence electrons. The molecule has 0 radical (unpaired) electrons. The van der Waals surface area contributed by atoms with E-state index in [4.69, 9.17) is 15.5 Å². The van der Waals surface area contributed by atoms with Gasteiger partial charge in [-0.1, -0.05) is 20.3 Å². The number of carbonyl (C=O) groups is 1. The van der Waals surface area contributed by atoms with Crippen molar-refractivity contribution in [3.8, 4) is 23.0 Å². The van der Waals surface area contributed by atoms with Crippen molar-refractivity contribution in [3.05, 3.63) is 35.5 Å². The maximum atomic E-state index is 13.4. The quantitative estimate of drug-likeness (QED) is 0.635. The normalized spacial score (nSPS) is 20.8. The summed E-state index contributed by atoms with van der Waals surface area (Å²) in [5.74, 6) is 1.51. The van der Waals surface area contributed by atoms with Gasteiger partial charge in [0.05, 0.1) is 18.3 Å². The van der Waals surface area contributed by atoms with E-state index in [0.29, 0.717) is 41.5 Å². The summed E-state index contributed by atoms with van der Waals surface area (Å²) < 4.78 is 7.61. The Hall–Kier alpha value is -3.13. The number of ether oxygens (including phenoxy) is 1. The Morgan fingerprint density at radius 2 is 2.03 bits per heavy atom. The second-order valence-electron chi connectivity index (χ2n) is 8.50. The fraction of sp³-hybridized carbons (Fsp3) is 0.458. The summed E-state index contributed by atoms with van der Waals surface area (Å²) in [6.45, 7) is 6.76. The molecule has 3 heterocycles. The third kappa shape index (κ3) is 3.48. The number of carbonyl (C=O) groups excluding carboxylic acids is 1. The molecule has 8 nitrogen and oxygen atoms in total. The Kier molecular flexibility index (Phi) is 5.81. The number of aromatic hydroxyl groups is 1. The zero-order chi connectivity index (χ0) is 23.2. The van der Waals surface area contributed by atoms with Crippen molar-refractivity contribution in [1.29, 1.82) is 0 Å². The van der Waals surface area contributed by atoms with E-state index in [0.717, 1.165) is 23.2 Å². The number of methoxy groups -OCH3 is 1. The molecule has 1 aromatic carbocycles. The number of aryl methyl sites for hydroxylation is 2. The van der Waals surface area contributed by atoms with Gasteiger partial charge in [0.1, 0.15) is 17.1 Å². The summed E-state index contributed by atoms with van der Waals surface area (Å²) in [6, 6.07) is 6.93. The highest BCUT2D eigenvalue weighted by Crippen LogP contribution is 2.34. The van der Waals surface area contributed by atoms with Crippen LogP contribution in [0.4, 0.5) is 0 Å². The largest absolute Gasteiger partial charge is 0.494 e. The lowest BCUT2D eigenvalue weighted by atomic mass is 9.98. The third-order valence-corrected chi connectivity index (χ3v) is 6.75. The van der Waals surface area contributed by atoms with Gasteiger partial charge < -0.3 is 25.0 Å². The number of hydrogen-bond acceptors (Lipinski definition) is 6. The molecular formula is C24H31N5O3. The molecule has 0 bridgehead atoms. The average molecular weight is 438 g/mol. The summed E-state index contributed by atoms with van der Waals surface area (Å²) in [5.41, 5.74) is 9.95. The van der Waals surface area contributed by atoms with Gasteiger partial charge in [-0.05, 0) is 37.5 Å². The first-order chi connectivity index (χ1) is 15.3. The van der Waals surface area contributed by atoms with E-state index >= 15 is 0 Å². The van der Waals surface area contributed by atoms with E-state index in [1.54, 1.807) is 19.2 Å². The van der Waals surface area contributed by atoms with E-state index in [-0.39, 0.29) is 23.9 Å². The molecule has 3 aromatic rings. The molecule has 1 aliphatic rings. The summed E-state index contributed by atoms with van der Waals surface area (Å²) in [6.07, 6.45) is 1.60. The van der Waals surface area contributed by atoms with Crippen LogP contribution in [0.1, 0.15) is 43.2 Å². The Morgan fingerprint density at radius 1 is 1.28 bits per heavy atom. The molecule has 3 N–H and O–H groups in total. The van der Waals surface area contributed by atoms with E-state index in [2.05, 4.69) is 11.9 Å². The fourth-order valence-electron chi connectivity index (χ4n) is 4.77. The molecule has 0 saturated carbocycles. The summed E-state index contributed by atoms with van der Waals surface area (Å²) >= 11 is 0. The Morgan fingerprint density at radius 3 is 2.66 bits per heavy atom. The number of nitrogens with two attached hydrogens (primary N) is 1. The SMILES string of the molecule is CCc1nc(O)ccc1-c1nc2cc(C(=O)N3C[C@@H](CC)[C@@H](N)[C@H]3C)cc(OC)c2n1C. The highest BCUT2D eigenvalue weighted by Gasteiger charge is 2.38. The van der Waals surface area contributed by atoms with Crippen LogP contribution < -0.4 is 10.5 Å². The molecule has 2 aromatic heterocycles. The second kappa shape index (κ2) is 8.43. The molecule has 1 saturated heterocycles. The molecule has 0 unspecified atom stereocenters. The summed E-state index contributed by atoms with van der Waals surface area (Å²) in [5, 5.41) is 9.78. The molecule has 3 atom stereocenters. The molecule has 8 heteroatoms. The van der Waals surface area contributed by atoms with Gasteiger partial charge >= 0.3 is 0 Å². The van der Waals surface area contributed by atoms with Crippen LogP contribution in [0.15, 0.2) is 24.3 Å². The van der Waals surface area contributed by atoms with Crippen molar-refractivity contribution in [3.63, 3.8) is 0 Å². The fourth-order valence-corrected chi connectivity index (χ4v) is 4.77. The van der Waals surface area contributed by atoms with Crippen molar-refractivity contribution in [1.82, 2.24) is 19.4 Å². The van der Waals surface area contributed by atoms with Gasteiger partial charge in [-0.2, -0.15) is 0 Å². The topological polar surface area (TPSA) is 106 Å². The molecular weight excluding hydrogens is 406 g/mol. The van der Waals surface area contributed by atoms with Crippen LogP contribution in [0.25, 0.3) is 22.4 Å². The van der Waals surface area contributed by atoms with Gasteiger partial charge in [0.2, 0.25) is 5.88 Å². The van der Waals surface area contributed by atoms with Crippen molar-refractivity contribution >= 4 is 16.9 Å². The number of nitrogens with zero attached hydrogens (tertiary/aromatic N) is 4. The number of rotatable bonds is 5. The first kappa shape index (κ1) is 22.1. The van der Waals surface area contributed by atoms with Crippen molar-refractivity contribution in [2.45, 2.75) is 45.7 Å². The zero-order valence-electron chi connectivity index (χ0n) is 19.3. The maximum Gasteiger partial charge on any atom is 0.254 e. The summed E-state index contributed by atoms with van der Waals surface area (Å²) in [4.78, 5) is 24.4. The number of pyridine rings is 1. The first-order valence-corrected chi connectivity index (χ1v) is 11.1. The van der Waals surface area contributed by atoms with Crippen molar-refractivity contribution in [2.24, 2.45) is 18.7 Å². The van der Waals surface area contributed by atoms with Gasteiger partial charge in [0.25, 0.3) is 5.91 Å². The van der Waals surface area contributed by atoms with Crippen LogP contribution in [0.3, 0.4) is 0 Å². The molecule has 32 heavy (non-hydrogen) atoms. The summed E-state index contributed by atoms with van der Waals surface area (Å²) in [7, 11) is 3.51. The minimum atomic E-state index is -0.0585. The lowest BCUT2D eigenvalue weighted by Crippen LogP contribution is -2.41. The van der Waals surface area contributed by atoms with Crippen LogP contribution in [-0.2, 0) is 13.5 Å². The van der Waals surface area contributed by atoms with Gasteiger partial charge in [0, 0.05) is 42.9 Å². The molecule has 0 aliphatic carbocycles. The van der Waals surface area contributed by atoms with Crippen LogP contribution in [-0.4, -0.2) is 56.2 Å². The Balaban J connectivity index is 1.81. The molecule has 0 spiro atoms. The number of benzene rings is 1. The van der Waals surface area contributed by atoms with E-state index in [1.165, 1.54) is 0 Å². The standard InChI is InChI=1S/C24H31N5O3/c1-6-14-12-29(13(3)21(14)25)24(31)15-10-18-22(19(11-15)32-5)28(4)23(27-18)16-8-9-20(30)26-17(16)7-2/h8-11,13-14,21H,6-7,12,25H2,1-5H3,(H,26,30)/t13-,14-,21+/m1/s1.